The lowest BCUT2D eigenvalue weighted by Crippen LogP contribution is -1.97. The van der Waals surface area contributed by atoms with Gasteiger partial charge in [-0.25, -0.2) is 15.0 Å². The molecule has 1 aromatic carbocycles. The number of nitrogens with zero attached hydrogens (tertiary/aromatic N) is 4. The third-order valence-corrected chi connectivity index (χ3v) is 4.26. The summed E-state index contributed by atoms with van der Waals surface area (Å²) in [6.07, 6.45) is 5.05. The minimum absolute atomic E-state index is 0.496. The summed E-state index contributed by atoms with van der Waals surface area (Å²) in [7, 11) is 0. The summed E-state index contributed by atoms with van der Waals surface area (Å²) in [5, 5.41) is 10.5. The van der Waals surface area contributed by atoms with Crippen LogP contribution in [0.3, 0.4) is 0 Å². The SMILES string of the molecule is Cc1ncnc(C)c1-c1ccc(Oc2nccc3[nH]ccc23)cc1C#N. The first-order valence-electron chi connectivity index (χ1n) is 8.10. The first kappa shape index (κ1) is 15.8. The molecule has 4 rings (SSSR count). The minimum Gasteiger partial charge on any atom is -0.438 e. The quantitative estimate of drug-likeness (QED) is 0.600. The number of hydrogen-bond donors (Lipinski definition) is 1. The Morgan fingerprint density at radius 3 is 2.62 bits per heavy atom. The van der Waals surface area contributed by atoms with Crippen LogP contribution in [0.5, 0.6) is 11.6 Å². The molecule has 0 saturated carbocycles. The van der Waals surface area contributed by atoms with E-state index in [1.165, 1.54) is 6.33 Å². The number of pyridine rings is 1. The Morgan fingerprint density at radius 2 is 1.85 bits per heavy atom. The van der Waals surface area contributed by atoms with Crippen molar-refractivity contribution in [3.63, 3.8) is 0 Å². The van der Waals surface area contributed by atoms with Gasteiger partial charge in [0, 0.05) is 34.9 Å². The van der Waals surface area contributed by atoms with Crippen molar-refractivity contribution in [2.75, 3.05) is 0 Å². The maximum atomic E-state index is 9.62. The fourth-order valence-corrected chi connectivity index (χ4v) is 3.03. The second-order valence-corrected chi connectivity index (χ2v) is 5.90. The molecule has 0 unspecified atom stereocenters. The molecular formula is C20H15N5O. The summed E-state index contributed by atoms with van der Waals surface area (Å²) >= 11 is 0. The zero-order chi connectivity index (χ0) is 18.1. The van der Waals surface area contributed by atoms with Gasteiger partial charge in [-0.2, -0.15) is 5.26 Å². The van der Waals surface area contributed by atoms with E-state index >= 15 is 0 Å². The highest BCUT2D eigenvalue weighted by atomic mass is 16.5. The van der Waals surface area contributed by atoms with E-state index in [9.17, 15) is 5.26 Å². The van der Waals surface area contributed by atoms with Crippen molar-refractivity contribution in [2.24, 2.45) is 0 Å². The summed E-state index contributed by atoms with van der Waals surface area (Å²) in [5.74, 6) is 1.05. The van der Waals surface area contributed by atoms with Crippen molar-refractivity contribution in [1.82, 2.24) is 19.9 Å². The lowest BCUT2D eigenvalue weighted by Gasteiger charge is -2.12. The third kappa shape index (κ3) is 2.66. The molecule has 0 saturated heterocycles. The van der Waals surface area contributed by atoms with Crippen LogP contribution >= 0.6 is 0 Å². The number of aryl methyl sites for hydroxylation is 2. The second-order valence-electron chi connectivity index (χ2n) is 5.90. The van der Waals surface area contributed by atoms with Gasteiger partial charge in [-0.15, -0.1) is 0 Å². The molecule has 26 heavy (non-hydrogen) atoms. The maximum Gasteiger partial charge on any atom is 0.228 e. The van der Waals surface area contributed by atoms with Gasteiger partial charge in [-0.05, 0) is 44.2 Å². The Hall–Kier alpha value is -3.72. The van der Waals surface area contributed by atoms with E-state index in [0.29, 0.717) is 17.2 Å². The van der Waals surface area contributed by atoms with E-state index in [1.54, 1.807) is 12.3 Å². The molecule has 6 heteroatoms. The largest absolute Gasteiger partial charge is 0.438 e. The maximum absolute atomic E-state index is 9.62. The van der Waals surface area contributed by atoms with E-state index < -0.39 is 0 Å². The van der Waals surface area contributed by atoms with Crippen molar-refractivity contribution in [3.8, 4) is 28.8 Å². The summed E-state index contributed by atoms with van der Waals surface area (Å²) in [6.45, 7) is 3.82. The molecule has 0 aliphatic carbocycles. The van der Waals surface area contributed by atoms with Crippen LogP contribution in [0.4, 0.5) is 0 Å². The molecule has 0 spiro atoms. The van der Waals surface area contributed by atoms with Crippen LogP contribution < -0.4 is 4.74 Å². The summed E-state index contributed by atoms with van der Waals surface area (Å²) in [6, 6.07) is 11.4. The molecular weight excluding hydrogens is 326 g/mol. The smallest absolute Gasteiger partial charge is 0.228 e. The first-order chi connectivity index (χ1) is 12.7. The molecule has 3 aromatic heterocycles. The number of aromatic amines is 1. The predicted octanol–water partition coefficient (Wildman–Crippen LogP) is 4.30. The third-order valence-electron chi connectivity index (χ3n) is 4.26. The van der Waals surface area contributed by atoms with Gasteiger partial charge in [0.05, 0.1) is 22.5 Å². The van der Waals surface area contributed by atoms with E-state index in [-0.39, 0.29) is 0 Å². The average molecular weight is 341 g/mol. The highest BCUT2D eigenvalue weighted by molar-refractivity contribution is 5.84. The van der Waals surface area contributed by atoms with Crippen LogP contribution in [0, 0.1) is 25.2 Å². The standard InChI is InChI=1S/C20H15N5O/c1-12-19(13(2)25-11-24-12)16-4-3-15(9-14(16)10-21)26-20-17-5-7-22-18(17)6-8-23-20/h3-9,11,22H,1-2H3. The molecule has 0 aliphatic rings. The number of rotatable bonds is 3. The number of aromatic nitrogens is 4. The van der Waals surface area contributed by atoms with Crippen molar-refractivity contribution in [1.29, 1.82) is 5.26 Å². The predicted molar refractivity (Wildman–Crippen MR) is 97.8 cm³/mol. The highest BCUT2D eigenvalue weighted by Crippen LogP contribution is 2.33. The molecule has 0 bridgehead atoms. The minimum atomic E-state index is 0.496. The number of hydrogen-bond acceptors (Lipinski definition) is 5. The zero-order valence-electron chi connectivity index (χ0n) is 14.3. The average Bonchev–Trinajstić information content (AvgIpc) is 3.12. The van der Waals surface area contributed by atoms with Crippen LogP contribution in [0.1, 0.15) is 17.0 Å². The van der Waals surface area contributed by atoms with Gasteiger partial charge in [-0.3, -0.25) is 0 Å². The van der Waals surface area contributed by atoms with Gasteiger partial charge in [-0.1, -0.05) is 0 Å². The molecule has 0 aliphatic heterocycles. The molecule has 3 heterocycles. The molecule has 1 N–H and O–H groups in total. The Morgan fingerprint density at radius 1 is 1.04 bits per heavy atom. The van der Waals surface area contributed by atoms with Gasteiger partial charge in [0.25, 0.3) is 0 Å². The van der Waals surface area contributed by atoms with Crippen LogP contribution in [0.15, 0.2) is 49.1 Å². The van der Waals surface area contributed by atoms with Gasteiger partial charge in [0.15, 0.2) is 0 Å². The van der Waals surface area contributed by atoms with Crippen LogP contribution in [0.2, 0.25) is 0 Å². The molecule has 0 atom stereocenters. The van der Waals surface area contributed by atoms with Crippen LogP contribution in [0.25, 0.3) is 22.0 Å². The lowest BCUT2D eigenvalue weighted by atomic mass is 9.97. The number of benzene rings is 1. The Balaban J connectivity index is 1.77. The van der Waals surface area contributed by atoms with Crippen molar-refractivity contribution < 1.29 is 4.74 Å². The molecule has 126 valence electrons. The summed E-state index contributed by atoms with van der Waals surface area (Å²) < 4.78 is 5.93. The zero-order valence-corrected chi connectivity index (χ0v) is 14.3. The second kappa shape index (κ2) is 6.30. The first-order valence-corrected chi connectivity index (χ1v) is 8.10. The molecule has 0 fully saturated rings. The van der Waals surface area contributed by atoms with Gasteiger partial charge < -0.3 is 9.72 Å². The summed E-state index contributed by atoms with van der Waals surface area (Å²) in [5.41, 5.74) is 4.79. The topological polar surface area (TPSA) is 87.5 Å². The van der Waals surface area contributed by atoms with Crippen LogP contribution in [-0.4, -0.2) is 19.9 Å². The van der Waals surface area contributed by atoms with E-state index in [1.807, 2.05) is 44.3 Å². The Kier molecular flexibility index (Phi) is 3.82. The molecule has 4 aromatic rings. The van der Waals surface area contributed by atoms with E-state index in [0.717, 1.165) is 33.4 Å². The molecule has 0 radical (unpaired) electrons. The van der Waals surface area contributed by atoms with Gasteiger partial charge in [0.1, 0.15) is 12.1 Å². The summed E-state index contributed by atoms with van der Waals surface area (Å²) in [4.78, 5) is 15.9. The van der Waals surface area contributed by atoms with Crippen molar-refractivity contribution in [2.45, 2.75) is 13.8 Å². The fourth-order valence-electron chi connectivity index (χ4n) is 3.03. The normalized spacial score (nSPS) is 10.7. The van der Waals surface area contributed by atoms with Gasteiger partial charge >= 0.3 is 0 Å². The van der Waals surface area contributed by atoms with Gasteiger partial charge in [0.2, 0.25) is 5.88 Å². The fraction of sp³-hybridized carbons (Fsp3) is 0.100. The number of nitriles is 1. The number of nitrogens with one attached hydrogen (secondary N) is 1. The monoisotopic (exact) mass is 341 g/mol. The van der Waals surface area contributed by atoms with E-state index in [4.69, 9.17) is 4.74 Å². The lowest BCUT2D eigenvalue weighted by molar-refractivity contribution is 0.469. The van der Waals surface area contributed by atoms with Crippen molar-refractivity contribution in [3.05, 3.63) is 66.0 Å². The number of H-pyrrole nitrogens is 1. The molecule has 0 amide bonds. The molecule has 6 nitrogen and oxygen atoms in total. The Bertz CT molecular complexity index is 1140. The van der Waals surface area contributed by atoms with Crippen molar-refractivity contribution >= 4 is 10.9 Å². The number of fused-ring (bicyclic) bond motifs is 1. The number of ether oxygens (including phenoxy) is 1. The Labute approximate surface area is 150 Å². The van der Waals surface area contributed by atoms with E-state index in [2.05, 4.69) is 26.0 Å². The van der Waals surface area contributed by atoms with Crippen LogP contribution in [-0.2, 0) is 0 Å². The highest BCUT2D eigenvalue weighted by Gasteiger charge is 2.14.